The average molecular weight is 689 g/mol. The molecule has 2 aromatic carbocycles. The quantitative estimate of drug-likeness (QED) is 0.279. The van der Waals surface area contributed by atoms with Gasteiger partial charge in [0.05, 0.1) is 18.0 Å². The van der Waals surface area contributed by atoms with Gasteiger partial charge in [-0.15, -0.1) is 0 Å². The number of anilines is 2. The van der Waals surface area contributed by atoms with Crippen molar-refractivity contribution in [2.24, 2.45) is 22.0 Å². The first-order valence-corrected chi connectivity index (χ1v) is 17.6. The van der Waals surface area contributed by atoms with Crippen LogP contribution in [-0.2, 0) is 9.59 Å². The summed E-state index contributed by atoms with van der Waals surface area (Å²) in [6, 6.07) is 24.5. The largest absolute Gasteiger partial charge is 0.481 e. The van der Waals surface area contributed by atoms with Crippen molar-refractivity contribution < 1.29 is 14.7 Å². The number of rotatable bonds is 6. The summed E-state index contributed by atoms with van der Waals surface area (Å²) in [5.41, 5.74) is 5.49. The molecule has 2 fully saturated rings. The minimum atomic E-state index is -0.691. The third-order valence-corrected chi connectivity index (χ3v) is 9.46. The van der Waals surface area contributed by atoms with Crippen molar-refractivity contribution in [2.75, 3.05) is 36.0 Å². The van der Waals surface area contributed by atoms with Gasteiger partial charge in [0, 0.05) is 82.2 Å². The van der Waals surface area contributed by atoms with Crippen LogP contribution >= 0.6 is 0 Å². The van der Waals surface area contributed by atoms with E-state index in [0.717, 1.165) is 63.4 Å². The number of nitrogens with zero attached hydrogens (tertiary/aromatic N) is 9. The van der Waals surface area contributed by atoms with Gasteiger partial charge in [0.25, 0.3) is 0 Å². The van der Waals surface area contributed by atoms with E-state index < -0.39 is 5.97 Å². The van der Waals surface area contributed by atoms with Crippen LogP contribution in [0.25, 0.3) is 0 Å². The van der Waals surface area contributed by atoms with Gasteiger partial charge in [0.15, 0.2) is 0 Å². The van der Waals surface area contributed by atoms with Crippen molar-refractivity contribution in [3.63, 3.8) is 0 Å². The number of hydrazone groups is 2. The summed E-state index contributed by atoms with van der Waals surface area (Å²) in [4.78, 5) is 44.8. The van der Waals surface area contributed by atoms with E-state index in [0.29, 0.717) is 24.8 Å². The zero-order valence-electron chi connectivity index (χ0n) is 28.6. The number of carbonyl (C=O) groups excluding carboxylic acids is 1. The van der Waals surface area contributed by atoms with Gasteiger partial charge in [-0.25, -0.2) is 24.9 Å². The molecule has 2 unspecified atom stereocenters. The van der Waals surface area contributed by atoms with Crippen LogP contribution in [0.2, 0.25) is 0 Å². The number of carbonyl (C=O) groups is 2. The number of aromatic nitrogens is 4. The molecule has 0 saturated carbocycles. The number of hydrogen-bond acceptors (Lipinski definition) is 11. The van der Waals surface area contributed by atoms with Crippen molar-refractivity contribution in [2.45, 2.75) is 50.6 Å². The molecule has 2 N–H and O–H groups in total. The fraction of sp³-hybridized carbons (Fsp3) is 0.368. The molecule has 0 aliphatic carbocycles. The van der Waals surface area contributed by atoms with Crippen LogP contribution in [0.4, 0.5) is 11.9 Å². The number of carboxylic acids is 1. The fourth-order valence-electron chi connectivity index (χ4n) is 6.58. The van der Waals surface area contributed by atoms with Crippen LogP contribution in [-0.4, -0.2) is 80.5 Å². The maximum atomic E-state index is 13.0. The van der Waals surface area contributed by atoms with Gasteiger partial charge in [0.2, 0.25) is 17.8 Å². The first kappa shape index (κ1) is 35.1. The molecule has 4 aliphatic rings. The second-order valence-corrected chi connectivity index (χ2v) is 12.7. The second kappa shape index (κ2) is 17.8. The Hall–Kier alpha value is -5.72. The number of piperidine rings is 2. The highest BCUT2D eigenvalue weighted by atomic mass is 16.4. The van der Waals surface area contributed by atoms with Gasteiger partial charge >= 0.3 is 5.97 Å². The van der Waals surface area contributed by atoms with E-state index in [-0.39, 0.29) is 23.8 Å². The number of aliphatic carboxylic acids is 1. The van der Waals surface area contributed by atoms with E-state index >= 15 is 0 Å². The van der Waals surface area contributed by atoms with Gasteiger partial charge in [-0.2, -0.15) is 10.2 Å². The summed E-state index contributed by atoms with van der Waals surface area (Å²) >= 11 is 0. The van der Waals surface area contributed by atoms with Gasteiger partial charge in [-0.3, -0.25) is 9.59 Å². The lowest BCUT2D eigenvalue weighted by atomic mass is 9.94. The highest BCUT2D eigenvalue weighted by molar-refractivity contribution is 5.82. The van der Waals surface area contributed by atoms with Crippen LogP contribution in [0.15, 0.2) is 108 Å². The zero-order chi connectivity index (χ0) is 35.3. The summed E-state index contributed by atoms with van der Waals surface area (Å²) < 4.78 is 0. The zero-order valence-corrected chi connectivity index (χ0v) is 28.6. The highest BCUT2D eigenvalue weighted by Crippen LogP contribution is 2.32. The number of hydrogen-bond donors (Lipinski definition) is 2. The SMILES string of the molecule is C1=NNC(c2ccccc2)C1.O=C(C1CCN(c2ncccn2)CC1)N1N=CCC1c1ccccc1.O=C(O)C1CCN(c2ncccn2)CC1. The number of amides is 1. The molecule has 4 aromatic rings. The monoisotopic (exact) mass is 688 g/mol. The summed E-state index contributed by atoms with van der Waals surface area (Å²) in [5, 5.41) is 18.9. The van der Waals surface area contributed by atoms with Crippen LogP contribution in [0, 0.1) is 11.8 Å². The Morgan fingerprint density at radius 2 is 1.14 bits per heavy atom. The molecule has 0 bridgehead atoms. The Morgan fingerprint density at radius 3 is 1.63 bits per heavy atom. The molecule has 0 spiro atoms. The molecule has 2 aromatic heterocycles. The minimum Gasteiger partial charge on any atom is -0.481 e. The van der Waals surface area contributed by atoms with E-state index in [4.69, 9.17) is 5.11 Å². The van der Waals surface area contributed by atoms with Gasteiger partial charge in [0.1, 0.15) is 0 Å². The van der Waals surface area contributed by atoms with Crippen molar-refractivity contribution in [1.82, 2.24) is 30.4 Å². The molecule has 2 saturated heterocycles. The highest BCUT2D eigenvalue weighted by Gasteiger charge is 2.35. The van der Waals surface area contributed by atoms with Crippen LogP contribution in [0.5, 0.6) is 0 Å². The third-order valence-electron chi connectivity index (χ3n) is 9.46. The number of benzene rings is 2. The van der Waals surface area contributed by atoms with Crippen LogP contribution < -0.4 is 15.2 Å². The molecule has 13 heteroatoms. The summed E-state index contributed by atoms with van der Waals surface area (Å²) in [7, 11) is 0. The van der Waals surface area contributed by atoms with E-state index in [2.05, 4.69) is 76.9 Å². The number of nitrogens with one attached hydrogen (secondary N) is 1. The Labute approximate surface area is 298 Å². The normalized spacial score (nSPS) is 20.1. The number of carboxylic acid groups (broad SMARTS) is 1. The van der Waals surface area contributed by atoms with Gasteiger partial charge in [-0.05, 0) is 48.9 Å². The summed E-state index contributed by atoms with van der Waals surface area (Å²) in [6.07, 6.45) is 15.4. The molecule has 264 valence electrons. The second-order valence-electron chi connectivity index (χ2n) is 12.7. The molecule has 1 amide bonds. The lowest BCUT2D eigenvalue weighted by molar-refractivity contribution is -0.142. The van der Waals surface area contributed by atoms with Gasteiger partial charge in [-0.1, -0.05) is 60.7 Å². The minimum absolute atomic E-state index is 0.0152. The molecule has 4 aliphatic heterocycles. The van der Waals surface area contributed by atoms with Crippen molar-refractivity contribution >= 4 is 36.2 Å². The predicted molar refractivity (Wildman–Crippen MR) is 196 cm³/mol. The summed E-state index contributed by atoms with van der Waals surface area (Å²) in [6.45, 7) is 3.05. The lowest BCUT2D eigenvalue weighted by Gasteiger charge is -2.33. The Balaban J connectivity index is 0.000000146. The molecule has 6 heterocycles. The van der Waals surface area contributed by atoms with Crippen molar-refractivity contribution in [1.29, 1.82) is 0 Å². The lowest BCUT2D eigenvalue weighted by Crippen LogP contribution is -2.41. The molecular formula is C38H44N10O3. The summed E-state index contributed by atoms with van der Waals surface area (Å²) in [5.74, 6) is 0.697. The van der Waals surface area contributed by atoms with E-state index in [9.17, 15) is 9.59 Å². The maximum absolute atomic E-state index is 13.0. The van der Waals surface area contributed by atoms with E-state index in [1.165, 1.54) is 5.56 Å². The Bertz CT molecular complexity index is 1710. The van der Waals surface area contributed by atoms with E-state index in [1.807, 2.05) is 47.7 Å². The van der Waals surface area contributed by atoms with Gasteiger partial charge < -0.3 is 20.3 Å². The average Bonchev–Trinajstić information content (AvgIpc) is 3.94. The molecule has 0 radical (unpaired) electrons. The standard InChI is InChI=1S/C19H21N5O.C10H13N3O2.C9H10N2/c25-18(24-17(7-12-22-24)15-5-2-1-3-6-15)16-8-13-23(14-9-16)19-20-10-4-11-21-19;14-9(15)8-2-6-13(7-3-8)10-11-4-1-5-12-10;1-2-4-8(5-3-1)9-6-7-10-11-9/h1-6,10-12,16-17H,7-9,13-14H2;1,4-5,8H,2-3,6-7H2,(H,14,15);1-5,7,9,11H,6H2. The maximum Gasteiger partial charge on any atom is 0.306 e. The molecular weight excluding hydrogens is 644 g/mol. The molecule has 51 heavy (non-hydrogen) atoms. The Morgan fingerprint density at radius 1 is 0.627 bits per heavy atom. The third kappa shape index (κ3) is 9.50. The van der Waals surface area contributed by atoms with Crippen molar-refractivity contribution in [3.05, 3.63) is 109 Å². The van der Waals surface area contributed by atoms with E-state index in [1.54, 1.807) is 35.9 Å². The van der Waals surface area contributed by atoms with Crippen LogP contribution in [0.1, 0.15) is 61.7 Å². The topological polar surface area (TPSA) is 152 Å². The molecule has 13 nitrogen and oxygen atoms in total. The molecule has 8 rings (SSSR count). The smallest absolute Gasteiger partial charge is 0.306 e. The predicted octanol–water partition coefficient (Wildman–Crippen LogP) is 5.14. The fourth-order valence-corrected chi connectivity index (χ4v) is 6.58. The first-order valence-electron chi connectivity index (χ1n) is 17.6. The molecule has 2 atom stereocenters. The van der Waals surface area contributed by atoms with Crippen molar-refractivity contribution in [3.8, 4) is 0 Å². The Kier molecular flexibility index (Phi) is 12.3. The van der Waals surface area contributed by atoms with Crippen LogP contribution in [0.3, 0.4) is 0 Å². The first-order chi connectivity index (χ1) is 25.1.